The maximum Gasteiger partial charge on any atom is 0.315 e. The first kappa shape index (κ1) is 19.2. The molecule has 0 aliphatic heterocycles. The molecule has 2 heterocycles. The zero-order chi connectivity index (χ0) is 18.7. The van der Waals surface area contributed by atoms with E-state index in [1.54, 1.807) is 12.5 Å². The lowest BCUT2D eigenvalue weighted by Gasteiger charge is -2.13. The molecule has 1 aliphatic carbocycles. The molecule has 2 amide bonds. The summed E-state index contributed by atoms with van der Waals surface area (Å²) in [7, 11) is 0. The molecule has 0 saturated heterocycles. The van der Waals surface area contributed by atoms with Gasteiger partial charge in [0.2, 0.25) is 5.88 Å². The molecule has 0 radical (unpaired) electrons. The Bertz CT molecular complexity index is 684. The van der Waals surface area contributed by atoms with Gasteiger partial charge in [-0.25, -0.2) is 9.78 Å². The highest BCUT2D eigenvalue weighted by Gasteiger charge is 2.17. The van der Waals surface area contributed by atoms with Crippen LogP contribution in [0, 0.1) is 0 Å². The van der Waals surface area contributed by atoms with Crippen LogP contribution in [-0.2, 0) is 17.9 Å². The van der Waals surface area contributed by atoms with E-state index in [1.165, 1.54) is 12.8 Å². The Morgan fingerprint density at radius 1 is 1.26 bits per heavy atom. The van der Waals surface area contributed by atoms with Crippen molar-refractivity contribution in [2.24, 2.45) is 0 Å². The molecule has 146 valence electrons. The molecule has 27 heavy (non-hydrogen) atoms. The first-order valence-corrected chi connectivity index (χ1v) is 9.53. The van der Waals surface area contributed by atoms with Crippen molar-refractivity contribution < 1.29 is 18.7 Å². The first-order chi connectivity index (χ1) is 13.3. The fourth-order valence-corrected chi connectivity index (χ4v) is 2.99. The monoisotopic (exact) mass is 373 g/mol. The van der Waals surface area contributed by atoms with Crippen LogP contribution < -0.4 is 15.4 Å². The van der Waals surface area contributed by atoms with E-state index in [4.69, 9.17) is 13.9 Å². The molecule has 3 rings (SSSR count). The van der Waals surface area contributed by atoms with Gasteiger partial charge in [-0.2, -0.15) is 0 Å². The number of aromatic nitrogens is 1. The molecule has 7 heteroatoms. The van der Waals surface area contributed by atoms with Gasteiger partial charge in [0.05, 0.1) is 6.26 Å². The van der Waals surface area contributed by atoms with Gasteiger partial charge in [-0.1, -0.05) is 0 Å². The highest BCUT2D eigenvalue weighted by Crippen LogP contribution is 2.23. The van der Waals surface area contributed by atoms with Gasteiger partial charge >= 0.3 is 6.03 Å². The van der Waals surface area contributed by atoms with Gasteiger partial charge in [0.15, 0.2) is 0 Å². The summed E-state index contributed by atoms with van der Waals surface area (Å²) < 4.78 is 16.5. The second-order valence-electron chi connectivity index (χ2n) is 6.62. The number of urea groups is 1. The smallest absolute Gasteiger partial charge is 0.315 e. The summed E-state index contributed by atoms with van der Waals surface area (Å²) in [6, 6.07) is 7.27. The van der Waals surface area contributed by atoms with Crippen LogP contribution in [0.5, 0.6) is 5.88 Å². The predicted octanol–water partition coefficient (Wildman–Crippen LogP) is 3.40. The Morgan fingerprint density at radius 3 is 2.96 bits per heavy atom. The maximum atomic E-state index is 11.9. The van der Waals surface area contributed by atoms with Crippen molar-refractivity contribution in [3.63, 3.8) is 0 Å². The number of carbonyl (C=O) groups excluding carboxylic acids is 1. The molecule has 0 bridgehead atoms. The van der Waals surface area contributed by atoms with Crippen molar-refractivity contribution in [1.29, 1.82) is 0 Å². The number of hydrogen-bond donors (Lipinski definition) is 2. The number of furan rings is 1. The molecule has 2 aromatic heterocycles. The molecule has 0 unspecified atom stereocenters. The molecule has 2 N–H and O–H groups in total. The van der Waals surface area contributed by atoms with E-state index in [0.29, 0.717) is 32.2 Å². The predicted molar refractivity (Wildman–Crippen MR) is 100 cm³/mol. The third kappa shape index (κ3) is 6.94. The topological polar surface area (TPSA) is 85.6 Å². The van der Waals surface area contributed by atoms with E-state index in [2.05, 4.69) is 15.6 Å². The Balaban J connectivity index is 1.27. The fraction of sp³-hybridized carbons (Fsp3) is 0.500. The number of hydrogen-bond acceptors (Lipinski definition) is 5. The SMILES string of the molecule is O=C(NCCCOCc1ccco1)NCc1ccnc(OC2CCCC2)c1. The maximum absolute atomic E-state index is 11.9. The number of nitrogens with zero attached hydrogens (tertiary/aromatic N) is 1. The van der Waals surface area contributed by atoms with Gasteiger partial charge in [0.1, 0.15) is 18.5 Å². The van der Waals surface area contributed by atoms with Crippen LogP contribution in [0.25, 0.3) is 0 Å². The van der Waals surface area contributed by atoms with Crippen LogP contribution in [0.15, 0.2) is 41.1 Å². The summed E-state index contributed by atoms with van der Waals surface area (Å²) in [6.07, 6.45) is 8.99. The second kappa shape index (κ2) is 10.6. The average molecular weight is 373 g/mol. The van der Waals surface area contributed by atoms with Gasteiger partial charge in [-0.15, -0.1) is 0 Å². The minimum Gasteiger partial charge on any atom is -0.474 e. The number of rotatable bonds is 10. The van der Waals surface area contributed by atoms with Gasteiger partial charge in [0.25, 0.3) is 0 Å². The van der Waals surface area contributed by atoms with E-state index in [0.717, 1.165) is 30.6 Å². The van der Waals surface area contributed by atoms with Crippen molar-refractivity contribution in [3.05, 3.63) is 48.0 Å². The van der Waals surface area contributed by atoms with E-state index in [1.807, 2.05) is 24.3 Å². The third-order valence-corrected chi connectivity index (χ3v) is 4.42. The van der Waals surface area contributed by atoms with Crippen LogP contribution in [-0.4, -0.2) is 30.3 Å². The van der Waals surface area contributed by atoms with Crippen LogP contribution >= 0.6 is 0 Å². The molecule has 1 saturated carbocycles. The average Bonchev–Trinajstić information content (AvgIpc) is 3.37. The van der Waals surface area contributed by atoms with Gasteiger partial charge in [-0.3, -0.25) is 0 Å². The number of ether oxygens (including phenoxy) is 2. The van der Waals surface area contributed by atoms with Crippen molar-refractivity contribution in [3.8, 4) is 5.88 Å². The molecular weight excluding hydrogens is 346 g/mol. The Labute approximate surface area is 159 Å². The number of nitrogens with one attached hydrogen (secondary N) is 2. The minimum atomic E-state index is -0.198. The Kier molecular flexibility index (Phi) is 7.53. The second-order valence-corrected chi connectivity index (χ2v) is 6.62. The van der Waals surface area contributed by atoms with Crippen molar-refractivity contribution in [1.82, 2.24) is 15.6 Å². The van der Waals surface area contributed by atoms with Crippen LogP contribution in [0.2, 0.25) is 0 Å². The largest absolute Gasteiger partial charge is 0.474 e. The van der Waals surface area contributed by atoms with E-state index >= 15 is 0 Å². The molecule has 0 atom stereocenters. The third-order valence-electron chi connectivity index (χ3n) is 4.42. The summed E-state index contributed by atoms with van der Waals surface area (Å²) in [5.41, 5.74) is 0.968. The Morgan fingerprint density at radius 2 is 2.15 bits per heavy atom. The summed E-state index contributed by atoms with van der Waals surface area (Å²) in [4.78, 5) is 16.1. The lowest BCUT2D eigenvalue weighted by atomic mass is 10.2. The quantitative estimate of drug-likeness (QED) is 0.624. The number of amides is 2. The van der Waals surface area contributed by atoms with Crippen LogP contribution in [0.1, 0.15) is 43.4 Å². The summed E-state index contributed by atoms with van der Waals surface area (Å²) in [6.45, 7) is 2.00. The van der Waals surface area contributed by atoms with Gasteiger partial charge in [0, 0.05) is 32.0 Å². The Hall–Kier alpha value is -2.54. The normalized spacial score (nSPS) is 14.2. The van der Waals surface area contributed by atoms with Crippen LogP contribution in [0.3, 0.4) is 0 Å². The standard InChI is InChI=1S/C20H27N3O4/c24-20(22-9-4-11-25-15-18-7-3-12-26-18)23-14-16-8-10-21-19(13-16)27-17-5-1-2-6-17/h3,7-8,10,12-13,17H,1-2,4-6,9,11,14-15H2,(H2,22,23,24). The fourth-order valence-electron chi connectivity index (χ4n) is 2.99. The van der Waals surface area contributed by atoms with Crippen LogP contribution in [0.4, 0.5) is 4.79 Å². The number of carbonyl (C=O) groups is 1. The highest BCUT2D eigenvalue weighted by molar-refractivity contribution is 5.73. The summed E-state index contributed by atoms with van der Waals surface area (Å²) in [5, 5.41) is 5.66. The lowest BCUT2D eigenvalue weighted by molar-refractivity contribution is 0.104. The van der Waals surface area contributed by atoms with E-state index in [-0.39, 0.29) is 12.1 Å². The highest BCUT2D eigenvalue weighted by atomic mass is 16.5. The molecular formula is C20H27N3O4. The summed E-state index contributed by atoms with van der Waals surface area (Å²) >= 11 is 0. The van der Waals surface area contributed by atoms with E-state index in [9.17, 15) is 4.79 Å². The molecule has 2 aromatic rings. The van der Waals surface area contributed by atoms with Crippen molar-refractivity contribution >= 4 is 6.03 Å². The zero-order valence-electron chi connectivity index (χ0n) is 15.5. The van der Waals surface area contributed by atoms with E-state index < -0.39 is 0 Å². The number of pyridine rings is 1. The first-order valence-electron chi connectivity index (χ1n) is 9.53. The lowest BCUT2D eigenvalue weighted by Crippen LogP contribution is -2.35. The van der Waals surface area contributed by atoms with Crippen molar-refractivity contribution in [2.45, 2.75) is 51.4 Å². The molecule has 0 spiro atoms. The van der Waals surface area contributed by atoms with Gasteiger partial charge in [-0.05, 0) is 55.9 Å². The molecule has 0 aromatic carbocycles. The van der Waals surface area contributed by atoms with Gasteiger partial charge < -0.3 is 24.5 Å². The zero-order valence-corrected chi connectivity index (χ0v) is 15.5. The minimum absolute atomic E-state index is 0.198. The molecule has 7 nitrogen and oxygen atoms in total. The van der Waals surface area contributed by atoms with Crippen molar-refractivity contribution in [2.75, 3.05) is 13.2 Å². The summed E-state index contributed by atoms with van der Waals surface area (Å²) in [5.74, 6) is 1.43. The molecule has 1 aliphatic rings. The molecule has 1 fully saturated rings.